The number of piperidine rings is 1. The minimum Gasteiger partial charge on any atom is -0.323 e. The van der Waals surface area contributed by atoms with Crippen molar-refractivity contribution in [2.45, 2.75) is 12.0 Å². The number of hydrogen-bond acceptors (Lipinski definition) is 2. The molecule has 2 atom stereocenters. The molecule has 1 heterocycles. The van der Waals surface area contributed by atoms with Gasteiger partial charge in [0, 0.05) is 24.3 Å². The molecule has 2 amide bonds. The molecule has 2 fully saturated rings. The number of likely N-dealkylation sites (tertiary alicyclic amines) is 1. The number of carbonyl (C=O) groups is 1. The van der Waals surface area contributed by atoms with Gasteiger partial charge < -0.3 is 16.0 Å². The highest BCUT2D eigenvalue weighted by atomic mass is 19.1. The minimum absolute atomic E-state index is 0.153. The Hall–Kier alpha value is -1.62. The number of benzene rings is 1. The molecule has 1 aromatic rings. The second-order valence-corrected chi connectivity index (χ2v) is 4.96. The molecule has 1 aromatic carbocycles. The largest absolute Gasteiger partial charge is 0.323 e. The predicted octanol–water partition coefficient (Wildman–Crippen LogP) is 1.39. The molecule has 0 unspecified atom stereocenters. The summed E-state index contributed by atoms with van der Waals surface area (Å²) in [5, 5.41) is 2.67. The van der Waals surface area contributed by atoms with Crippen molar-refractivity contribution in [3.05, 3.63) is 30.1 Å². The van der Waals surface area contributed by atoms with Gasteiger partial charge in [0.05, 0.1) is 0 Å². The summed E-state index contributed by atoms with van der Waals surface area (Å²) in [4.78, 5) is 13.6. The van der Waals surface area contributed by atoms with Crippen LogP contribution in [0.1, 0.15) is 6.42 Å². The SMILES string of the molecule is N[C@]12C[C@@H]1CN(C(=O)Nc1cccc(F)c1)C2. The normalized spacial score (nSPS) is 30.0. The molecular formula is C12H14FN3O. The van der Waals surface area contributed by atoms with E-state index in [1.807, 2.05) is 0 Å². The van der Waals surface area contributed by atoms with Crippen molar-refractivity contribution in [2.75, 3.05) is 18.4 Å². The lowest BCUT2D eigenvalue weighted by Gasteiger charge is -2.19. The number of urea groups is 1. The van der Waals surface area contributed by atoms with Crippen molar-refractivity contribution in [1.82, 2.24) is 4.90 Å². The summed E-state index contributed by atoms with van der Waals surface area (Å²) in [5.74, 6) is 0.0862. The summed E-state index contributed by atoms with van der Waals surface area (Å²) in [6, 6.07) is 5.67. The molecule has 4 nitrogen and oxygen atoms in total. The van der Waals surface area contributed by atoms with Gasteiger partial charge in [-0.2, -0.15) is 0 Å². The van der Waals surface area contributed by atoms with E-state index < -0.39 is 0 Å². The van der Waals surface area contributed by atoms with Crippen molar-refractivity contribution in [1.29, 1.82) is 0 Å². The quantitative estimate of drug-likeness (QED) is 0.772. The zero-order chi connectivity index (χ0) is 12.0. The van der Waals surface area contributed by atoms with Gasteiger partial charge >= 0.3 is 6.03 Å². The first-order valence-electron chi connectivity index (χ1n) is 5.67. The van der Waals surface area contributed by atoms with E-state index >= 15 is 0 Å². The van der Waals surface area contributed by atoms with E-state index in [1.54, 1.807) is 17.0 Å². The number of nitrogens with one attached hydrogen (secondary N) is 1. The fourth-order valence-electron chi connectivity index (χ4n) is 2.45. The molecule has 17 heavy (non-hydrogen) atoms. The lowest BCUT2D eigenvalue weighted by Crippen LogP contribution is -2.39. The number of fused-ring (bicyclic) bond motifs is 1. The lowest BCUT2D eigenvalue weighted by atomic mass is 10.3. The standard InChI is InChI=1S/C12H14FN3O/c13-9-2-1-3-10(4-9)15-11(17)16-6-8-5-12(8,14)7-16/h1-4,8H,5-7,14H2,(H,15,17)/t8-,12+/m1/s1. The summed E-state index contributed by atoms with van der Waals surface area (Å²) in [6.07, 6.45) is 1.01. The Morgan fingerprint density at radius 1 is 1.59 bits per heavy atom. The lowest BCUT2D eigenvalue weighted by molar-refractivity contribution is 0.216. The first kappa shape index (κ1) is 10.5. The third kappa shape index (κ3) is 1.86. The van der Waals surface area contributed by atoms with Crippen LogP contribution in [0.3, 0.4) is 0 Å². The highest BCUT2D eigenvalue weighted by Gasteiger charge is 2.58. The van der Waals surface area contributed by atoms with Gasteiger partial charge in [0.25, 0.3) is 0 Å². The number of nitrogens with two attached hydrogens (primary N) is 1. The van der Waals surface area contributed by atoms with Gasteiger partial charge in [-0.25, -0.2) is 9.18 Å². The Morgan fingerprint density at radius 2 is 2.41 bits per heavy atom. The van der Waals surface area contributed by atoms with Crippen LogP contribution in [0, 0.1) is 11.7 Å². The summed E-state index contributed by atoms with van der Waals surface area (Å²) in [6.45, 7) is 1.30. The fourth-order valence-corrected chi connectivity index (χ4v) is 2.45. The number of nitrogens with zero attached hydrogens (tertiary/aromatic N) is 1. The molecule has 5 heteroatoms. The van der Waals surface area contributed by atoms with Crippen LogP contribution in [-0.2, 0) is 0 Å². The van der Waals surface area contributed by atoms with E-state index in [-0.39, 0.29) is 17.4 Å². The molecule has 3 N–H and O–H groups in total. The van der Waals surface area contributed by atoms with Crippen molar-refractivity contribution < 1.29 is 9.18 Å². The number of hydrogen-bond donors (Lipinski definition) is 2. The van der Waals surface area contributed by atoms with Gasteiger partial charge in [0.2, 0.25) is 0 Å². The topological polar surface area (TPSA) is 58.4 Å². The first-order chi connectivity index (χ1) is 8.07. The van der Waals surface area contributed by atoms with E-state index in [2.05, 4.69) is 5.32 Å². The smallest absolute Gasteiger partial charge is 0.321 e. The highest BCUT2D eigenvalue weighted by molar-refractivity contribution is 5.89. The van der Waals surface area contributed by atoms with Crippen LogP contribution in [0.4, 0.5) is 14.9 Å². The van der Waals surface area contributed by atoms with Gasteiger partial charge in [-0.1, -0.05) is 6.07 Å². The zero-order valence-electron chi connectivity index (χ0n) is 9.32. The van der Waals surface area contributed by atoms with Crippen LogP contribution in [0.2, 0.25) is 0 Å². The van der Waals surface area contributed by atoms with Crippen molar-refractivity contribution >= 4 is 11.7 Å². The number of amides is 2. The first-order valence-corrected chi connectivity index (χ1v) is 5.67. The van der Waals surface area contributed by atoms with E-state index in [0.29, 0.717) is 24.7 Å². The molecule has 0 bridgehead atoms. The zero-order valence-corrected chi connectivity index (χ0v) is 9.32. The van der Waals surface area contributed by atoms with Crippen LogP contribution in [-0.4, -0.2) is 29.6 Å². The Balaban J connectivity index is 1.64. The van der Waals surface area contributed by atoms with E-state index in [9.17, 15) is 9.18 Å². The molecular weight excluding hydrogens is 221 g/mol. The molecule has 1 saturated heterocycles. The van der Waals surface area contributed by atoms with E-state index in [4.69, 9.17) is 5.73 Å². The maximum atomic E-state index is 12.9. The number of halogens is 1. The Bertz CT molecular complexity index is 479. The maximum Gasteiger partial charge on any atom is 0.321 e. The molecule has 1 aliphatic carbocycles. The monoisotopic (exact) mass is 235 g/mol. The molecule has 2 aliphatic rings. The Morgan fingerprint density at radius 3 is 3.06 bits per heavy atom. The molecule has 0 spiro atoms. The maximum absolute atomic E-state index is 12.9. The van der Waals surface area contributed by atoms with Crippen molar-refractivity contribution in [3.63, 3.8) is 0 Å². The van der Waals surface area contributed by atoms with Gasteiger partial charge in [-0.05, 0) is 30.5 Å². The second kappa shape index (κ2) is 3.43. The minimum atomic E-state index is -0.359. The van der Waals surface area contributed by atoms with Crippen LogP contribution in [0.5, 0.6) is 0 Å². The van der Waals surface area contributed by atoms with E-state index in [0.717, 1.165) is 6.42 Å². The number of anilines is 1. The number of carbonyl (C=O) groups excluding carboxylic acids is 1. The Labute approximate surface area is 98.6 Å². The average Bonchev–Trinajstić information content (AvgIpc) is 2.77. The Kier molecular flexibility index (Phi) is 2.13. The van der Waals surface area contributed by atoms with Crippen molar-refractivity contribution in [2.24, 2.45) is 11.7 Å². The molecule has 1 saturated carbocycles. The molecule has 0 radical (unpaired) electrons. The van der Waals surface area contributed by atoms with Crippen LogP contribution in [0.25, 0.3) is 0 Å². The van der Waals surface area contributed by atoms with E-state index in [1.165, 1.54) is 12.1 Å². The third-order valence-electron chi connectivity index (χ3n) is 3.57. The third-order valence-corrected chi connectivity index (χ3v) is 3.57. The van der Waals surface area contributed by atoms with Gasteiger partial charge in [0.1, 0.15) is 5.82 Å². The number of rotatable bonds is 1. The summed E-state index contributed by atoms with van der Waals surface area (Å²) in [7, 11) is 0. The van der Waals surface area contributed by atoms with Gasteiger partial charge in [-0.3, -0.25) is 0 Å². The van der Waals surface area contributed by atoms with Gasteiger partial charge in [-0.15, -0.1) is 0 Å². The fraction of sp³-hybridized carbons (Fsp3) is 0.417. The predicted molar refractivity (Wildman–Crippen MR) is 62.0 cm³/mol. The second-order valence-electron chi connectivity index (χ2n) is 4.96. The summed E-state index contributed by atoms with van der Waals surface area (Å²) >= 11 is 0. The highest BCUT2D eigenvalue weighted by Crippen LogP contribution is 2.47. The van der Waals surface area contributed by atoms with Crippen LogP contribution < -0.4 is 11.1 Å². The van der Waals surface area contributed by atoms with Crippen molar-refractivity contribution in [3.8, 4) is 0 Å². The van der Waals surface area contributed by atoms with Gasteiger partial charge in [0.15, 0.2) is 0 Å². The van der Waals surface area contributed by atoms with Crippen LogP contribution in [0.15, 0.2) is 24.3 Å². The summed E-state index contributed by atoms with van der Waals surface area (Å²) in [5.41, 5.74) is 6.34. The molecule has 90 valence electrons. The average molecular weight is 235 g/mol. The molecule has 1 aliphatic heterocycles. The molecule has 0 aromatic heterocycles. The summed E-state index contributed by atoms with van der Waals surface area (Å²) < 4.78 is 12.9. The molecule has 3 rings (SSSR count). The van der Waals surface area contributed by atoms with Crippen LogP contribution >= 0.6 is 0 Å².